The quantitative estimate of drug-likeness (QED) is 0.0862. The maximum atomic E-state index is 12.0. The SMILES string of the molecule is Cc1ccc([O-])c(C=NC(C)(C)C(C)(C)N=Cc2cc(C)ccc2[O-])c1.S=c1sc([S-])c([S-])s1.S=c1sc([S-])c([S-])s1.[Mn+3].[Ni+3]. The second kappa shape index (κ2) is 19.6. The fourth-order valence-corrected chi connectivity index (χ4v) is 9.36. The van der Waals surface area contributed by atoms with Crippen LogP contribution in [0, 0.1) is 20.1 Å². The third-order valence-electron chi connectivity index (χ3n) is 5.92. The van der Waals surface area contributed by atoms with E-state index in [0.29, 0.717) is 11.1 Å². The standard InChI is InChI=1S/C22H28N2O2.2C3H2S5.Mn.Ni/c1-15-7-9-19(25)17(11-15)13-23-21(3,4)22(5,6)24-14-18-12-16(2)8-10-20(18)26;2*4-1-2(5)8-3(6)7-1;;/h7-14,25-26H,1-6H3;2*4-5H;;/q;;;2*+3/p-6. The minimum Gasteiger partial charge on any atom is -0.872 e. The average Bonchev–Trinajstić information content (AvgIpc) is 3.36. The van der Waals surface area contributed by atoms with Crippen molar-refractivity contribution in [3.05, 3.63) is 64.9 Å². The molecular weight excluding hydrogens is 831 g/mol. The molecule has 2 aromatic carbocycles. The van der Waals surface area contributed by atoms with Crippen molar-refractivity contribution in [2.75, 3.05) is 0 Å². The van der Waals surface area contributed by atoms with E-state index in [1.807, 2.05) is 53.7 Å². The Labute approximate surface area is 328 Å². The topological polar surface area (TPSA) is 70.8 Å². The number of hydrogen-bond donors (Lipinski definition) is 0. The molecular formula is C28H26MnN2NiO2S10. The van der Waals surface area contributed by atoms with Gasteiger partial charge in [-0.05, 0) is 58.9 Å². The molecule has 0 bridgehead atoms. The van der Waals surface area contributed by atoms with Gasteiger partial charge in [-0.15, -0.1) is 52.8 Å². The Balaban J connectivity index is 0.000000836. The molecule has 0 aliphatic carbocycles. The van der Waals surface area contributed by atoms with E-state index < -0.39 is 11.1 Å². The van der Waals surface area contributed by atoms with Crippen molar-refractivity contribution >= 4 is 133 Å². The molecule has 44 heavy (non-hydrogen) atoms. The predicted molar refractivity (Wildman–Crippen MR) is 193 cm³/mol. The van der Waals surface area contributed by atoms with Crippen LogP contribution in [0.2, 0.25) is 0 Å². The summed E-state index contributed by atoms with van der Waals surface area (Å²) >= 11 is 34.6. The summed E-state index contributed by atoms with van der Waals surface area (Å²) in [6.07, 6.45) is 3.25. The van der Waals surface area contributed by atoms with Gasteiger partial charge in [0.2, 0.25) is 0 Å². The zero-order valence-corrected chi connectivity index (χ0v) is 34.4. The van der Waals surface area contributed by atoms with Crippen LogP contribution in [0.5, 0.6) is 11.5 Å². The van der Waals surface area contributed by atoms with Crippen LogP contribution in [-0.2, 0) is 84.1 Å². The van der Waals surface area contributed by atoms with Crippen molar-refractivity contribution in [2.24, 2.45) is 9.98 Å². The zero-order chi connectivity index (χ0) is 31.8. The molecule has 0 aliphatic heterocycles. The number of benzene rings is 2. The first-order valence-electron chi connectivity index (χ1n) is 12.0. The summed E-state index contributed by atoms with van der Waals surface area (Å²) in [5, 5.41) is 23.9. The third-order valence-corrected chi connectivity index (χ3v) is 13.0. The summed E-state index contributed by atoms with van der Waals surface area (Å²) in [5.41, 5.74) is 2.04. The van der Waals surface area contributed by atoms with Gasteiger partial charge in [0.1, 0.15) is 0 Å². The van der Waals surface area contributed by atoms with Crippen LogP contribution < -0.4 is 10.2 Å². The van der Waals surface area contributed by atoms with Crippen LogP contribution in [0.15, 0.2) is 63.2 Å². The van der Waals surface area contributed by atoms with Gasteiger partial charge in [-0.1, -0.05) is 47.5 Å². The molecule has 4 nitrogen and oxygen atoms in total. The first kappa shape index (κ1) is 43.8. The zero-order valence-electron chi connectivity index (χ0n) is 24.1. The van der Waals surface area contributed by atoms with Crippen LogP contribution >= 0.6 is 69.8 Å². The molecule has 0 saturated heterocycles. The van der Waals surface area contributed by atoms with Crippen molar-refractivity contribution in [3.8, 4) is 11.5 Å². The Hall–Kier alpha value is -0.187. The summed E-state index contributed by atoms with van der Waals surface area (Å²) < 4.78 is 4.70. The van der Waals surface area contributed by atoms with Gasteiger partial charge in [-0.2, -0.15) is 0 Å². The minimum absolute atomic E-state index is 0. The summed E-state index contributed by atoms with van der Waals surface area (Å²) in [4.78, 5) is 9.27. The van der Waals surface area contributed by atoms with Crippen LogP contribution in [0.4, 0.5) is 0 Å². The normalized spacial score (nSPS) is 11.1. The second-order valence-corrected chi connectivity index (χ2v) is 18.9. The van der Waals surface area contributed by atoms with Gasteiger partial charge in [0.15, 0.2) is 0 Å². The van der Waals surface area contributed by atoms with E-state index >= 15 is 0 Å². The summed E-state index contributed by atoms with van der Waals surface area (Å²) in [5.74, 6) is -0.0978. The van der Waals surface area contributed by atoms with Crippen LogP contribution in [0.3, 0.4) is 0 Å². The average molecular weight is 857 g/mol. The van der Waals surface area contributed by atoms with E-state index in [9.17, 15) is 10.2 Å². The molecule has 0 saturated carbocycles. The molecule has 2 heterocycles. The van der Waals surface area contributed by atoms with Gasteiger partial charge in [0, 0.05) is 12.4 Å². The van der Waals surface area contributed by atoms with Gasteiger partial charge >= 0.3 is 33.6 Å². The first-order valence-corrected chi connectivity index (χ1v) is 17.7. The van der Waals surface area contributed by atoms with E-state index in [2.05, 4.69) is 9.98 Å². The monoisotopic (exact) mass is 855 g/mol. The van der Waals surface area contributed by atoms with E-state index in [1.54, 1.807) is 36.7 Å². The Kier molecular flexibility index (Phi) is 19.5. The van der Waals surface area contributed by atoms with E-state index in [4.69, 9.17) is 75.0 Å². The molecule has 0 atom stereocenters. The van der Waals surface area contributed by atoms with Crippen molar-refractivity contribution in [2.45, 2.75) is 69.5 Å². The van der Waals surface area contributed by atoms with Gasteiger partial charge in [0.05, 0.1) is 11.1 Å². The first-order chi connectivity index (χ1) is 19.4. The molecule has 0 amide bonds. The Morgan fingerprint density at radius 3 is 1.14 bits per heavy atom. The molecule has 4 aromatic rings. The van der Waals surface area contributed by atoms with Crippen molar-refractivity contribution in [1.82, 2.24) is 0 Å². The number of rotatable bonds is 5. The number of aliphatic imine (C=N–C) groups is 2. The van der Waals surface area contributed by atoms with Gasteiger partial charge in [-0.25, -0.2) is 0 Å². The molecule has 4 rings (SSSR count). The van der Waals surface area contributed by atoms with Gasteiger partial charge in [0.25, 0.3) is 0 Å². The molecule has 0 N–H and O–H groups in total. The van der Waals surface area contributed by atoms with Crippen LogP contribution in [0.1, 0.15) is 49.9 Å². The fraction of sp³-hybridized carbons (Fsp3) is 0.286. The third kappa shape index (κ3) is 13.9. The van der Waals surface area contributed by atoms with Gasteiger partial charge < -0.3 is 106 Å². The molecule has 0 fully saturated rings. The summed E-state index contributed by atoms with van der Waals surface area (Å²) in [6, 6.07) is 10.4. The number of nitrogens with zero attached hydrogens (tertiary/aromatic N) is 2. The summed E-state index contributed by atoms with van der Waals surface area (Å²) in [6.45, 7) is 11.8. The van der Waals surface area contributed by atoms with E-state index in [-0.39, 0.29) is 45.1 Å². The Morgan fingerprint density at radius 2 is 0.909 bits per heavy atom. The predicted octanol–water partition coefficient (Wildman–Crippen LogP) is 8.24. The second-order valence-electron chi connectivity index (χ2n) is 9.78. The van der Waals surface area contributed by atoms with Crippen LogP contribution in [0.25, 0.3) is 0 Å². The smallest absolute Gasteiger partial charge is 0.872 e. The number of aryl methyl sites for hydroxylation is 2. The molecule has 0 unspecified atom stereocenters. The van der Waals surface area contributed by atoms with E-state index in [0.717, 1.165) is 34.2 Å². The molecule has 2 aromatic heterocycles. The largest absolute Gasteiger partial charge is 3.00 e. The van der Waals surface area contributed by atoms with E-state index in [1.165, 1.54) is 45.3 Å². The fourth-order valence-electron chi connectivity index (χ4n) is 2.83. The minimum atomic E-state index is -0.563. The molecule has 0 aliphatic rings. The molecule has 0 spiro atoms. The number of hydrogen-bond acceptors (Lipinski definition) is 14. The summed E-state index contributed by atoms with van der Waals surface area (Å²) in [7, 11) is 0. The Morgan fingerprint density at radius 1 is 0.636 bits per heavy atom. The van der Waals surface area contributed by atoms with Crippen molar-refractivity contribution in [3.63, 3.8) is 0 Å². The maximum absolute atomic E-state index is 12.0. The van der Waals surface area contributed by atoms with Crippen molar-refractivity contribution in [1.29, 1.82) is 0 Å². The van der Waals surface area contributed by atoms with Crippen molar-refractivity contribution < 1.29 is 43.8 Å². The molecule has 237 valence electrons. The van der Waals surface area contributed by atoms with Crippen LogP contribution in [-0.4, -0.2) is 23.5 Å². The maximum Gasteiger partial charge on any atom is 3.00 e. The van der Waals surface area contributed by atoms with Gasteiger partial charge in [-0.3, -0.25) is 9.98 Å². The molecule has 1 radical (unpaired) electrons. The Bertz CT molecular complexity index is 1520. The molecule has 16 heteroatoms.